The van der Waals surface area contributed by atoms with E-state index < -0.39 is 54.5 Å². The Balaban J connectivity index is 2.35. The molecule has 0 radical (unpaired) electrons. The molecule has 0 amide bonds. The summed E-state index contributed by atoms with van der Waals surface area (Å²) in [6, 6.07) is 0. The van der Waals surface area contributed by atoms with Gasteiger partial charge < -0.3 is 24.5 Å². The van der Waals surface area contributed by atoms with Crippen molar-refractivity contribution in [2.75, 3.05) is 0 Å². The van der Waals surface area contributed by atoms with Crippen molar-refractivity contribution in [2.45, 2.75) is 98.1 Å². The maximum atomic E-state index is 15.1. The second kappa shape index (κ2) is 13.3. The minimum atomic E-state index is -1.38. The summed E-state index contributed by atoms with van der Waals surface area (Å²) in [5.41, 5.74) is -0.213. The first-order valence-electron chi connectivity index (χ1n) is 12.6. The van der Waals surface area contributed by atoms with E-state index in [1.807, 2.05) is 20.8 Å². The van der Waals surface area contributed by atoms with E-state index >= 15 is 4.39 Å². The number of ether oxygens (including phenoxy) is 1. The molecule has 2 rings (SSSR count). The molecule has 1 aromatic heterocycles. The van der Waals surface area contributed by atoms with Gasteiger partial charge in [0.1, 0.15) is 30.2 Å². The van der Waals surface area contributed by atoms with E-state index in [9.17, 15) is 19.8 Å². The van der Waals surface area contributed by atoms with Gasteiger partial charge in [0.15, 0.2) is 6.10 Å². The molecule has 0 bridgehead atoms. The second-order valence-electron chi connectivity index (χ2n) is 10.3. The Bertz CT molecular complexity index is 952. The highest BCUT2D eigenvalue weighted by molar-refractivity contribution is 5.88. The van der Waals surface area contributed by atoms with Crippen molar-refractivity contribution in [3.05, 3.63) is 35.3 Å². The molecule has 2 heterocycles. The Kier molecular flexibility index (Phi) is 11.0. The molecule has 0 fully saturated rings. The van der Waals surface area contributed by atoms with Crippen LogP contribution in [0.25, 0.3) is 6.08 Å². The van der Waals surface area contributed by atoms with Crippen LogP contribution in [0.15, 0.2) is 28.2 Å². The maximum absolute atomic E-state index is 15.1. The van der Waals surface area contributed by atoms with Crippen LogP contribution >= 0.6 is 0 Å². The van der Waals surface area contributed by atoms with Crippen LogP contribution in [0.4, 0.5) is 4.39 Å². The van der Waals surface area contributed by atoms with Crippen molar-refractivity contribution in [2.24, 2.45) is 17.3 Å². The van der Waals surface area contributed by atoms with E-state index in [4.69, 9.17) is 14.3 Å². The van der Waals surface area contributed by atoms with Crippen LogP contribution in [0.1, 0.15) is 84.7 Å². The van der Waals surface area contributed by atoms with Crippen LogP contribution in [-0.4, -0.2) is 50.4 Å². The van der Waals surface area contributed by atoms with Crippen LogP contribution in [0.5, 0.6) is 0 Å². The Hall–Kier alpha value is -2.36. The predicted octanol–water partition coefficient (Wildman–Crippen LogP) is 4.28. The first-order chi connectivity index (χ1) is 16.9. The molecule has 1 aliphatic rings. The van der Waals surface area contributed by atoms with Gasteiger partial charge in [-0.3, -0.25) is 9.59 Å². The summed E-state index contributed by atoms with van der Waals surface area (Å²) < 4.78 is 25.6. The summed E-state index contributed by atoms with van der Waals surface area (Å²) in [5, 5.41) is 30.8. The number of nitrogens with zero attached hydrogens (tertiary/aromatic N) is 1. The standard InChI is InChI=1S/C27H40FNO7/c1-6-19-25(33)17(3)9-7-8-16(2)10-11-21(20(28)12-18-15-35-23(14-30)29-18)36-24(32)13-22(31)27(4,5)26(19)34/h10,12,15,17,19,21-22,25,30-31,33H,6-9,11,13-14H2,1-5H3/t17-,19+,21-,22-,25-/m0/s1. The van der Waals surface area contributed by atoms with Crippen LogP contribution in [0.2, 0.25) is 0 Å². The Labute approximate surface area is 212 Å². The molecule has 202 valence electrons. The molecular formula is C27H40FNO7. The number of aliphatic hydroxyl groups is 3. The SMILES string of the molecule is CC[C@H]1C(=O)C(C)(C)[C@@H](O)CC(=O)O[C@H](C(F)=Cc2coc(CO)n2)CC=C(C)CCC[C@H](C)[C@@H]1O. The lowest BCUT2D eigenvalue weighted by Gasteiger charge is -2.35. The van der Waals surface area contributed by atoms with Gasteiger partial charge in [-0.15, -0.1) is 0 Å². The fraction of sp³-hybridized carbons (Fsp3) is 0.667. The van der Waals surface area contributed by atoms with Gasteiger partial charge in [0.25, 0.3) is 0 Å². The molecule has 3 N–H and O–H groups in total. The van der Waals surface area contributed by atoms with Crippen molar-refractivity contribution in [1.82, 2.24) is 4.98 Å². The number of aromatic nitrogens is 1. The monoisotopic (exact) mass is 509 g/mol. The van der Waals surface area contributed by atoms with Crippen molar-refractivity contribution in [1.29, 1.82) is 0 Å². The van der Waals surface area contributed by atoms with Gasteiger partial charge >= 0.3 is 5.97 Å². The summed E-state index contributed by atoms with van der Waals surface area (Å²) >= 11 is 0. The van der Waals surface area contributed by atoms with Crippen LogP contribution in [-0.2, 0) is 20.9 Å². The number of ketones is 1. The largest absolute Gasteiger partial charge is 0.455 e. The van der Waals surface area contributed by atoms with E-state index in [0.717, 1.165) is 18.1 Å². The third-order valence-corrected chi connectivity index (χ3v) is 7.08. The lowest BCUT2D eigenvalue weighted by Crippen LogP contribution is -2.46. The van der Waals surface area contributed by atoms with E-state index in [2.05, 4.69) is 4.98 Å². The molecule has 9 heteroatoms. The number of oxazole rings is 1. The summed E-state index contributed by atoms with van der Waals surface area (Å²) in [7, 11) is 0. The van der Waals surface area contributed by atoms with Crippen molar-refractivity contribution in [3.63, 3.8) is 0 Å². The molecule has 0 spiro atoms. The number of hydrogen-bond donors (Lipinski definition) is 3. The quantitative estimate of drug-likeness (QED) is 0.405. The number of Topliss-reactive ketones (excluding diaryl/α,β-unsaturated/α-hetero) is 1. The molecular weight excluding hydrogens is 469 g/mol. The summed E-state index contributed by atoms with van der Waals surface area (Å²) in [6.45, 7) is 8.29. The normalized spacial score (nSPS) is 29.5. The smallest absolute Gasteiger partial charge is 0.309 e. The first kappa shape index (κ1) is 29.9. The van der Waals surface area contributed by atoms with Gasteiger partial charge in [-0.05, 0) is 38.5 Å². The van der Waals surface area contributed by atoms with Crippen molar-refractivity contribution in [3.8, 4) is 0 Å². The zero-order valence-electron chi connectivity index (χ0n) is 21.9. The minimum absolute atomic E-state index is 0.0273. The zero-order valence-corrected chi connectivity index (χ0v) is 21.9. The first-order valence-corrected chi connectivity index (χ1v) is 12.6. The molecule has 0 aromatic carbocycles. The molecule has 1 aromatic rings. The van der Waals surface area contributed by atoms with Gasteiger partial charge in [-0.25, -0.2) is 9.37 Å². The van der Waals surface area contributed by atoms with E-state index in [-0.39, 0.29) is 29.7 Å². The van der Waals surface area contributed by atoms with Crippen molar-refractivity contribution < 1.29 is 38.5 Å². The highest BCUT2D eigenvalue weighted by atomic mass is 19.1. The number of carbonyl (C=O) groups excluding carboxylic acids is 2. The predicted molar refractivity (Wildman–Crippen MR) is 132 cm³/mol. The average molecular weight is 510 g/mol. The molecule has 36 heavy (non-hydrogen) atoms. The average Bonchev–Trinajstić information content (AvgIpc) is 3.28. The molecule has 5 atom stereocenters. The van der Waals surface area contributed by atoms with Gasteiger partial charge in [0, 0.05) is 18.4 Å². The number of hydrogen-bond acceptors (Lipinski definition) is 8. The van der Waals surface area contributed by atoms with Gasteiger partial charge in [-0.1, -0.05) is 39.3 Å². The van der Waals surface area contributed by atoms with E-state index in [1.54, 1.807) is 19.9 Å². The molecule has 0 aliphatic carbocycles. The lowest BCUT2D eigenvalue weighted by molar-refractivity contribution is -0.155. The summed E-state index contributed by atoms with van der Waals surface area (Å²) in [6.07, 6.45) is 2.70. The number of carbonyl (C=O) groups is 2. The fourth-order valence-corrected chi connectivity index (χ4v) is 4.44. The highest BCUT2D eigenvalue weighted by Crippen LogP contribution is 2.34. The van der Waals surface area contributed by atoms with E-state index in [1.165, 1.54) is 6.26 Å². The van der Waals surface area contributed by atoms with Gasteiger partial charge in [0.2, 0.25) is 5.89 Å². The fourth-order valence-electron chi connectivity index (χ4n) is 4.44. The molecule has 8 nitrogen and oxygen atoms in total. The van der Waals surface area contributed by atoms with Crippen LogP contribution in [0.3, 0.4) is 0 Å². The number of aliphatic hydroxyl groups excluding tert-OH is 3. The van der Waals surface area contributed by atoms with Gasteiger partial charge in [0.05, 0.1) is 24.0 Å². The van der Waals surface area contributed by atoms with Crippen LogP contribution < -0.4 is 0 Å². The Morgan fingerprint density at radius 2 is 2.00 bits per heavy atom. The van der Waals surface area contributed by atoms with E-state index in [0.29, 0.717) is 19.3 Å². The molecule has 0 saturated heterocycles. The number of esters is 1. The Morgan fingerprint density at radius 3 is 2.61 bits per heavy atom. The number of cyclic esters (lactones) is 1. The molecule has 0 saturated carbocycles. The van der Waals surface area contributed by atoms with Gasteiger partial charge in [-0.2, -0.15) is 0 Å². The number of rotatable bonds is 4. The topological polar surface area (TPSA) is 130 Å². The molecule has 1 aliphatic heterocycles. The lowest BCUT2D eigenvalue weighted by atomic mass is 9.71. The zero-order chi connectivity index (χ0) is 27.0. The third kappa shape index (κ3) is 7.82. The number of allylic oxidation sites excluding steroid dienone is 1. The Morgan fingerprint density at radius 1 is 1.31 bits per heavy atom. The van der Waals surface area contributed by atoms with Crippen LogP contribution in [0, 0.1) is 17.3 Å². The third-order valence-electron chi connectivity index (χ3n) is 7.08. The minimum Gasteiger partial charge on any atom is -0.455 e. The summed E-state index contributed by atoms with van der Waals surface area (Å²) in [5.74, 6) is -2.71. The van der Waals surface area contributed by atoms with Crippen molar-refractivity contribution >= 4 is 17.8 Å². The maximum Gasteiger partial charge on any atom is 0.309 e. The highest BCUT2D eigenvalue weighted by Gasteiger charge is 2.43. The summed E-state index contributed by atoms with van der Waals surface area (Å²) in [4.78, 5) is 30.0. The number of halogens is 1. The second-order valence-corrected chi connectivity index (χ2v) is 10.3. The molecule has 0 unspecified atom stereocenters.